The summed E-state index contributed by atoms with van der Waals surface area (Å²) in [5.41, 5.74) is 11.1. The number of hydrogen-bond acceptors (Lipinski definition) is 3. The summed E-state index contributed by atoms with van der Waals surface area (Å²) in [6.45, 7) is 6.58. The molecule has 0 aliphatic heterocycles. The maximum atomic E-state index is 6.58. The molecule has 0 aromatic carbocycles. The summed E-state index contributed by atoms with van der Waals surface area (Å²) >= 11 is 0. The third-order valence-corrected chi connectivity index (χ3v) is 1.06. The van der Waals surface area contributed by atoms with E-state index >= 15 is 0 Å². The van der Waals surface area contributed by atoms with Gasteiger partial charge < -0.3 is 16.3 Å². The zero-order valence-corrected chi connectivity index (χ0v) is 5.20. The van der Waals surface area contributed by atoms with Gasteiger partial charge in [0.15, 0.2) is 0 Å². The molecular weight excluding hydrogens is 128 g/mol. The molecule has 10 heavy (non-hydrogen) atoms. The lowest BCUT2D eigenvalue weighted by Gasteiger charge is -1.92. The summed E-state index contributed by atoms with van der Waals surface area (Å²) in [6.07, 6.45) is 0. The second-order valence-corrected chi connectivity index (χ2v) is 1.76. The van der Waals surface area contributed by atoms with Crippen LogP contribution in [0.2, 0.25) is 0 Å². The number of nitrogens with two attached hydrogens (primary N) is 2. The van der Waals surface area contributed by atoms with Gasteiger partial charge in [-0.05, 0) is 12.1 Å². The second-order valence-electron chi connectivity index (χ2n) is 1.76. The average molecular weight is 134 g/mol. The van der Waals surface area contributed by atoms with Gasteiger partial charge in [-0.1, -0.05) is 6.57 Å². The van der Waals surface area contributed by atoms with Gasteiger partial charge in [-0.2, -0.15) is 0 Å². The van der Waals surface area contributed by atoms with E-state index in [-0.39, 0.29) is 11.6 Å². The number of nitrogen functional groups attached to an aromatic ring is 2. The molecule has 0 unspecified atom stereocenters. The van der Waals surface area contributed by atoms with Crippen LogP contribution in [0.25, 0.3) is 4.85 Å². The molecular formula is C6H6N4. The highest BCUT2D eigenvalue weighted by atomic mass is 14.9. The molecule has 0 saturated heterocycles. The van der Waals surface area contributed by atoms with Crippen molar-refractivity contribution in [1.29, 1.82) is 0 Å². The van der Waals surface area contributed by atoms with Crippen molar-refractivity contribution < 1.29 is 0 Å². The van der Waals surface area contributed by atoms with E-state index in [9.17, 15) is 0 Å². The van der Waals surface area contributed by atoms with Gasteiger partial charge in [0.1, 0.15) is 0 Å². The Morgan fingerprint density at radius 3 is 2.60 bits per heavy atom. The normalized spacial score (nSPS) is 8.70. The van der Waals surface area contributed by atoms with Crippen molar-refractivity contribution in [2.45, 2.75) is 0 Å². The molecule has 0 bridgehead atoms. The zero-order valence-electron chi connectivity index (χ0n) is 5.20. The molecule has 4 N–H and O–H groups in total. The lowest BCUT2D eigenvalue weighted by Crippen LogP contribution is -1.96. The van der Waals surface area contributed by atoms with Crippen LogP contribution >= 0.6 is 0 Å². The van der Waals surface area contributed by atoms with Crippen LogP contribution in [0.3, 0.4) is 0 Å². The van der Waals surface area contributed by atoms with Crippen LogP contribution in [-0.4, -0.2) is 4.98 Å². The first-order valence-corrected chi connectivity index (χ1v) is 2.63. The first-order valence-electron chi connectivity index (χ1n) is 2.63. The van der Waals surface area contributed by atoms with Gasteiger partial charge in [0.05, 0.1) is 5.69 Å². The van der Waals surface area contributed by atoms with E-state index in [0.29, 0.717) is 5.69 Å². The van der Waals surface area contributed by atoms with Crippen LogP contribution in [-0.2, 0) is 0 Å². The summed E-state index contributed by atoms with van der Waals surface area (Å²) in [6, 6.07) is 3.09. The number of nitrogens with zero attached hydrogens (tertiary/aromatic N) is 2. The zero-order chi connectivity index (χ0) is 7.56. The fraction of sp³-hybridized carbons (Fsp3) is 0. The van der Waals surface area contributed by atoms with Gasteiger partial charge in [0.2, 0.25) is 5.82 Å². The average Bonchev–Trinajstić information content (AvgIpc) is 1.95. The van der Waals surface area contributed by atoms with E-state index in [0.717, 1.165) is 0 Å². The van der Waals surface area contributed by atoms with Gasteiger partial charge in [0, 0.05) is 0 Å². The molecule has 50 valence electrons. The highest BCUT2D eigenvalue weighted by molar-refractivity contribution is 5.61. The minimum absolute atomic E-state index is 0.216. The number of pyridine rings is 1. The molecule has 0 amide bonds. The van der Waals surface area contributed by atoms with Crippen LogP contribution in [0.1, 0.15) is 0 Å². The van der Waals surface area contributed by atoms with E-state index in [1.807, 2.05) is 0 Å². The van der Waals surface area contributed by atoms with Crippen molar-refractivity contribution in [2.75, 3.05) is 11.5 Å². The Balaban J connectivity index is 3.20. The van der Waals surface area contributed by atoms with Crippen molar-refractivity contribution in [1.82, 2.24) is 4.98 Å². The predicted molar refractivity (Wildman–Crippen MR) is 39.3 cm³/mol. The largest absolute Gasteiger partial charge is 0.394 e. The van der Waals surface area contributed by atoms with E-state index < -0.39 is 0 Å². The fourth-order valence-corrected chi connectivity index (χ4v) is 0.537. The number of aromatic nitrogens is 1. The quantitative estimate of drug-likeness (QED) is 0.515. The molecule has 0 spiro atoms. The maximum absolute atomic E-state index is 6.58. The predicted octanol–water partition coefficient (Wildman–Crippen LogP) is 0.797. The van der Waals surface area contributed by atoms with Gasteiger partial charge in [-0.15, -0.1) is 4.98 Å². The van der Waals surface area contributed by atoms with Gasteiger partial charge in [0.25, 0.3) is 5.82 Å². The topological polar surface area (TPSA) is 69.3 Å². The van der Waals surface area contributed by atoms with Crippen LogP contribution in [0, 0.1) is 6.57 Å². The lowest BCUT2D eigenvalue weighted by molar-refractivity contribution is 1.36. The third kappa shape index (κ3) is 0.977. The van der Waals surface area contributed by atoms with Gasteiger partial charge in [-0.3, -0.25) is 0 Å². The monoisotopic (exact) mass is 134 g/mol. The fourth-order valence-electron chi connectivity index (χ4n) is 0.537. The Hall–Kier alpha value is -1.76. The Bertz CT molecular complexity index is 286. The number of hydrogen-bond donors (Lipinski definition) is 2. The van der Waals surface area contributed by atoms with Crippen molar-refractivity contribution in [2.24, 2.45) is 0 Å². The van der Waals surface area contributed by atoms with E-state index in [1.54, 1.807) is 6.07 Å². The summed E-state index contributed by atoms with van der Waals surface area (Å²) in [5.74, 6) is 0.486. The second kappa shape index (κ2) is 2.23. The molecule has 1 aromatic heterocycles. The molecule has 0 fully saturated rings. The molecule has 1 heterocycles. The van der Waals surface area contributed by atoms with Crippen LogP contribution in [0.15, 0.2) is 12.1 Å². The summed E-state index contributed by atoms with van der Waals surface area (Å²) in [4.78, 5) is 6.77. The molecule has 0 aliphatic carbocycles. The summed E-state index contributed by atoms with van der Waals surface area (Å²) in [7, 11) is 0. The van der Waals surface area contributed by atoms with Crippen molar-refractivity contribution in [3.05, 3.63) is 23.5 Å². The Morgan fingerprint density at radius 2 is 2.10 bits per heavy atom. The van der Waals surface area contributed by atoms with Crippen LogP contribution < -0.4 is 11.5 Å². The minimum atomic E-state index is 0.216. The molecule has 1 rings (SSSR count). The molecule has 0 atom stereocenters. The lowest BCUT2D eigenvalue weighted by atomic mass is 10.4. The summed E-state index contributed by atoms with van der Waals surface area (Å²) < 4.78 is 0. The maximum Gasteiger partial charge on any atom is 0.271 e. The molecule has 0 radical (unpaired) electrons. The molecule has 4 nitrogen and oxygen atoms in total. The van der Waals surface area contributed by atoms with E-state index in [2.05, 4.69) is 9.83 Å². The molecule has 1 aromatic rings. The Morgan fingerprint density at radius 1 is 1.40 bits per heavy atom. The van der Waals surface area contributed by atoms with Gasteiger partial charge in [-0.25, -0.2) is 0 Å². The number of anilines is 2. The SMILES string of the molecule is [C-]#[N+]c1ccc(N)c(N)n1. The Labute approximate surface area is 58.3 Å². The smallest absolute Gasteiger partial charge is 0.271 e. The summed E-state index contributed by atoms with van der Waals surface area (Å²) in [5, 5.41) is 0. The van der Waals surface area contributed by atoms with Crippen LogP contribution in [0.5, 0.6) is 0 Å². The van der Waals surface area contributed by atoms with Crippen molar-refractivity contribution in [3.8, 4) is 0 Å². The first kappa shape index (κ1) is 6.36. The Kier molecular flexibility index (Phi) is 1.42. The molecule has 4 heteroatoms. The standard InChI is InChI=1S/C6H6N4/c1-9-5-3-2-4(7)6(8)10-5/h2-3H,7H2,(H2,8,10). The van der Waals surface area contributed by atoms with Crippen LogP contribution in [0.4, 0.5) is 17.3 Å². The van der Waals surface area contributed by atoms with E-state index in [4.69, 9.17) is 18.0 Å². The van der Waals surface area contributed by atoms with Crippen molar-refractivity contribution in [3.63, 3.8) is 0 Å². The molecule has 0 aliphatic rings. The van der Waals surface area contributed by atoms with Gasteiger partial charge >= 0.3 is 0 Å². The first-order chi connectivity index (χ1) is 4.74. The minimum Gasteiger partial charge on any atom is -0.394 e. The third-order valence-electron chi connectivity index (χ3n) is 1.06. The number of rotatable bonds is 0. The van der Waals surface area contributed by atoms with Crippen molar-refractivity contribution >= 4 is 17.3 Å². The highest BCUT2D eigenvalue weighted by Gasteiger charge is 1.99. The highest BCUT2D eigenvalue weighted by Crippen LogP contribution is 2.15. The molecule has 0 saturated carbocycles. The van der Waals surface area contributed by atoms with E-state index in [1.165, 1.54) is 6.07 Å².